The van der Waals surface area contributed by atoms with E-state index in [9.17, 15) is 9.90 Å². The fraction of sp³-hybridized carbons (Fsp3) is 0.147. The number of aliphatic hydroxyl groups excluding tert-OH is 1. The van der Waals surface area contributed by atoms with Crippen molar-refractivity contribution in [2.75, 3.05) is 6.61 Å². The molecule has 184 valence electrons. The van der Waals surface area contributed by atoms with Gasteiger partial charge in [0.2, 0.25) is 0 Å². The van der Waals surface area contributed by atoms with Gasteiger partial charge in [-0.1, -0.05) is 104 Å². The largest absolute Gasteiger partial charge is 0.460 e. The van der Waals surface area contributed by atoms with Gasteiger partial charge in [0.1, 0.15) is 6.61 Å². The molecule has 1 atom stereocenters. The van der Waals surface area contributed by atoms with Gasteiger partial charge in [0.15, 0.2) is 0 Å². The molecular weight excluding hydrogens is 456 g/mol. The highest BCUT2D eigenvalue weighted by Gasteiger charge is 2.17. The van der Waals surface area contributed by atoms with E-state index < -0.39 is 12.1 Å². The van der Waals surface area contributed by atoms with Gasteiger partial charge in [-0.05, 0) is 74.5 Å². The first-order valence-corrected chi connectivity index (χ1v) is 12.6. The van der Waals surface area contributed by atoms with Gasteiger partial charge in [-0.3, -0.25) is 0 Å². The molecule has 0 fully saturated rings. The molecule has 0 saturated heterocycles. The standard InChI is InChI=1S/C34H30O3/c1-4-12-24-25-14-5-8-17-28(25)32-29-18-9-6-15-26(29)27-16-7-10-19-30(27)33(32)31(24)20-11-13-23(35)21-37-34(36)22(2)3/h4-12,14-20,23,35H,2,13,21H2,1,3H3/b12-4-,20-11-. The summed E-state index contributed by atoms with van der Waals surface area (Å²) in [5.41, 5.74) is 2.57. The molecular formula is C34H30O3. The molecule has 0 bridgehead atoms. The van der Waals surface area contributed by atoms with E-state index >= 15 is 0 Å². The van der Waals surface area contributed by atoms with Gasteiger partial charge < -0.3 is 9.84 Å². The van der Waals surface area contributed by atoms with Crippen LogP contribution in [0.5, 0.6) is 0 Å². The van der Waals surface area contributed by atoms with E-state index in [1.165, 1.54) is 43.1 Å². The predicted octanol–water partition coefficient (Wildman–Crippen LogP) is 8.22. The zero-order valence-corrected chi connectivity index (χ0v) is 21.2. The topological polar surface area (TPSA) is 46.5 Å². The number of rotatable bonds is 7. The molecule has 1 unspecified atom stereocenters. The van der Waals surface area contributed by atoms with Crippen LogP contribution in [0, 0.1) is 0 Å². The first kappa shape index (κ1) is 24.5. The number of hydrogen-bond acceptors (Lipinski definition) is 3. The second kappa shape index (κ2) is 10.4. The van der Waals surface area contributed by atoms with Crippen LogP contribution in [0.3, 0.4) is 0 Å². The molecule has 0 heterocycles. The number of hydrogen-bond donors (Lipinski definition) is 1. The minimum absolute atomic E-state index is 0.0657. The van der Waals surface area contributed by atoms with Crippen LogP contribution >= 0.6 is 0 Å². The van der Waals surface area contributed by atoms with Crippen molar-refractivity contribution >= 4 is 61.2 Å². The molecule has 0 amide bonds. The van der Waals surface area contributed by atoms with Crippen molar-refractivity contribution in [2.45, 2.75) is 26.4 Å². The van der Waals surface area contributed by atoms with Crippen molar-refractivity contribution in [1.29, 1.82) is 0 Å². The summed E-state index contributed by atoms with van der Waals surface area (Å²) in [4.78, 5) is 11.7. The normalized spacial score (nSPS) is 12.8. The molecule has 0 radical (unpaired) electrons. The quantitative estimate of drug-likeness (QED) is 0.143. The van der Waals surface area contributed by atoms with Crippen LogP contribution in [-0.4, -0.2) is 23.8 Å². The van der Waals surface area contributed by atoms with E-state index in [1.807, 2.05) is 13.0 Å². The summed E-state index contributed by atoms with van der Waals surface area (Å²) in [5.74, 6) is -0.489. The van der Waals surface area contributed by atoms with E-state index in [0.29, 0.717) is 12.0 Å². The Bertz CT molecular complexity index is 1720. The zero-order valence-electron chi connectivity index (χ0n) is 21.2. The van der Waals surface area contributed by atoms with E-state index in [1.54, 1.807) is 6.92 Å². The molecule has 37 heavy (non-hydrogen) atoms. The Morgan fingerprint density at radius 2 is 1.32 bits per heavy atom. The highest BCUT2D eigenvalue weighted by Crippen LogP contribution is 2.43. The monoisotopic (exact) mass is 486 g/mol. The number of carbonyl (C=O) groups is 1. The molecule has 1 N–H and O–H groups in total. The molecule has 0 aliphatic heterocycles. The van der Waals surface area contributed by atoms with E-state index in [-0.39, 0.29) is 6.61 Å². The lowest BCUT2D eigenvalue weighted by Gasteiger charge is -2.18. The van der Waals surface area contributed by atoms with Gasteiger partial charge in [-0.25, -0.2) is 4.79 Å². The minimum atomic E-state index is -0.797. The Hall–Kier alpha value is -4.21. The summed E-state index contributed by atoms with van der Waals surface area (Å²) in [7, 11) is 0. The molecule has 0 aliphatic carbocycles. The third kappa shape index (κ3) is 4.54. The zero-order chi connectivity index (χ0) is 25.9. The van der Waals surface area contributed by atoms with E-state index in [4.69, 9.17) is 4.74 Å². The third-order valence-corrected chi connectivity index (χ3v) is 6.76. The van der Waals surface area contributed by atoms with Crippen LogP contribution in [0.2, 0.25) is 0 Å². The van der Waals surface area contributed by atoms with Crippen LogP contribution in [0.4, 0.5) is 0 Å². The van der Waals surface area contributed by atoms with Crippen molar-refractivity contribution in [1.82, 2.24) is 0 Å². The molecule has 5 aromatic carbocycles. The van der Waals surface area contributed by atoms with Gasteiger partial charge in [-0.15, -0.1) is 0 Å². The SMILES string of the molecule is C=C(C)C(=O)OCC(O)C/C=C\c1c(/C=C\C)c2ccccc2c2c3ccccc3c3ccccc3c12. The molecule has 3 heteroatoms. The van der Waals surface area contributed by atoms with Crippen molar-refractivity contribution in [2.24, 2.45) is 0 Å². The number of fused-ring (bicyclic) bond motifs is 8. The van der Waals surface area contributed by atoms with Crippen LogP contribution in [0.1, 0.15) is 31.4 Å². The van der Waals surface area contributed by atoms with E-state index in [0.717, 1.165) is 11.1 Å². The maximum atomic E-state index is 11.7. The fourth-order valence-corrected chi connectivity index (χ4v) is 5.14. The number of allylic oxidation sites excluding steroid dienone is 1. The molecule has 5 rings (SSSR count). The summed E-state index contributed by atoms with van der Waals surface area (Å²) in [6.07, 6.45) is 7.87. The number of esters is 1. The molecule has 0 saturated carbocycles. The van der Waals surface area contributed by atoms with Gasteiger partial charge in [-0.2, -0.15) is 0 Å². The number of carbonyl (C=O) groups excluding carboxylic acids is 1. The summed E-state index contributed by atoms with van der Waals surface area (Å²) in [5, 5.41) is 20.2. The average Bonchev–Trinajstić information content (AvgIpc) is 2.92. The van der Waals surface area contributed by atoms with Gasteiger partial charge in [0.25, 0.3) is 0 Å². The van der Waals surface area contributed by atoms with Crippen molar-refractivity contribution < 1.29 is 14.6 Å². The van der Waals surface area contributed by atoms with Crippen molar-refractivity contribution in [3.8, 4) is 0 Å². The molecule has 5 aromatic rings. The Labute approximate surface area is 217 Å². The van der Waals surface area contributed by atoms with Crippen LogP contribution in [0.25, 0.3) is 55.2 Å². The lowest BCUT2D eigenvalue weighted by Crippen LogP contribution is -2.18. The molecule has 0 aromatic heterocycles. The maximum Gasteiger partial charge on any atom is 0.333 e. The molecule has 3 nitrogen and oxygen atoms in total. The van der Waals surface area contributed by atoms with Gasteiger partial charge >= 0.3 is 5.97 Å². The Kier molecular flexibility index (Phi) is 6.89. The summed E-state index contributed by atoms with van der Waals surface area (Å²) >= 11 is 0. The average molecular weight is 487 g/mol. The smallest absolute Gasteiger partial charge is 0.333 e. The van der Waals surface area contributed by atoms with Gasteiger partial charge in [0, 0.05) is 5.57 Å². The molecule has 0 spiro atoms. The number of ether oxygens (including phenoxy) is 1. The van der Waals surface area contributed by atoms with Crippen LogP contribution in [0.15, 0.2) is 97.1 Å². The lowest BCUT2D eigenvalue weighted by molar-refractivity contribution is -0.141. The molecule has 0 aliphatic rings. The van der Waals surface area contributed by atoms with Crippen molar-refractivity contribution in [3.05, 3.63) is 108 Å². The first-order chi connectivity index (χ1) is 18.0. The summed E-state index contributed by atoms with van der Waals surface area (Å²) < 4.78 is 5.13. The summed E-state index contributed by atoms with van der Waals surface area (Å²) in [6.45, 7) is 7.15. The highest BCUT2D eigenvalue weighted by molar-refractivity contribution is 6.34. The first-order valence-electron chi connectivity index (χ1n) is 12.6. The van der Waals surface area contributed by atoms with Crippen molar-refractivity contribution in [3.63, 3.8) is 0 Å². The number of benzene rings is 5. The second-order valence-corrected chi connectivity index (χ2v) is 9.38. The van der Waals surface area contributed by atoms with Gasteiger partial charge in [0.05, 0.1) is 6.10 Å². The minimum Gasteiger partial charge on any atom is -0.460 e. The van der Waals surface area contributed by atoms with Crippen LogP contribution < -0.4 is 0 Å². The van der Waals surface area contributed by atoms with E-state index in [2.05, 4.69) is 97.6 Å². The Morgan fingerprint density at radius 1 is 0.811 bits per heavy atom. The Balaban J connectivity index is 1.76. The highest BCUT2D eigenvalue weighted by atomic mass is 16.5. The predicted molar refractivity (Wildman–Crippen MR) is 157 cm³/mol. The summed E-state index contributed by atoms with van der Waals surface area (Å²) in [6, 6.07) is 25.7. The van der Waals surface area contributed by atoms with Crippen LogP contribution in [-0.2, 0) is 9.53 Å². The maximum absolute atomic E-state index is 11.7. The second-order valence-electron chi connectivity index (χ2n) is 9.38. The third-order valence-electron chi connectivity index (χ3n) is 6.76. The lowest BCUT2D eigenvalue weighted by atomic mass is 9.85. The number of aliphatic hydroxyl groups is 1. The fourth-order valence-electron chi connectivity index (χ4n) is 5.14. The Morgan fingerprint density at radius 3 is 1.89 bits per heavy atom.